The molecule has 2 aromatic heterocycles. The van der Waals surface area contributed by atoms with E-state index in [2.05, 4.69) is 53.4 Å². The summed E-state index contributed by atoms with van der Waals surface area (Å²) in [5.74, 6) is 0. The molecule has 0 saturated heterocycles. The van der Waals surface area contributed by atoms with Gasteiger partial charge >= 0.3 is 0 Å². The maximum absolute atomic E-state index is 2.36. The van der Waals surface area contributed by atoms with Gasteiger partial charge in [0.2, 0.25) is 0 Å². The highest BCUT2D eigenvalue weighted by molar-refractivity contribution is 8.02. The monoisotopic (exact) mass is 264 g/mol. The summed E-state index contributed by atoms with van der Waals surface area (Å²) >= 11 is 5.67. The van der Waals surface area contributed by atoms with Gasteiger partial charge in [-0.25, -0.2) is 0 Å². The molecule has 0 aromatic carbocycles. The lowest BCUT2D eigenvalue weighted by atomic mass is 9.84. The van der Waals surface area contributed by atoms with E-state index in [9.17, 15) is 0 Å². The summed E-state index contributed by atoms with van der Waals surface area (Å²) in [5.41, 5.74) is 0.170. The Hall–Kier alpha value is -0.510. The Kier molecular flexibility index (Phi) is 2.70. The first-order valence-corrected chi connectivity index (χ1v) is 7.91. The third-order valence-corrected chi connectivity index (χ3v) is 6.55. The van der Waals surface area contributed by atoms with Gasteiger partial charge in [-0.2, -0.15) is 0 Å². The van der Waals surface area contributed by atoms with E-state index in [1.807, 2.05) is 34.4 Å². The fourth-order valence-corrected chi connectivity index (χ4v) is 5.46. The van der Waals surface area contributed by atoms with Crippen LogP contribution >= 0.6 is 34.4 Å². The van der Waals surface area contributed by atoms with Crippen LogP contribution in [0.2, 0.25) is 0 Å². The first kappa shape index (κ1) is 10.6. The van der Waals surface area contributed by atoms with E-state index >= 15 is 0 Å². The molecule has 0 saturated carbocycles. The fraction of sp³-hybridized carbons (Fsp3) is 0.231. The van der Waals surface area contributed by atoms with Crippen molar-refractivity contribution in [3.63, 3.8) is 0 Å². The van der Waals surface area contributed by atoms with Gasteiger partial charge in [0.1, 0.15) is 0 Å². The second-order valence-corrected chi connectivity index (χ2v) is 7.04. The summed E-state index contributed by atoms with van der Waals surface area (Å²) < 4.78 is 0. The molecule has 16 heavy (non-hydrogen) atoms. The van der Waals surface area contributed by atoms with Gasteiger partial charge in [-0.15, -0.1) is 34.4 Å². The van der Waals surface area contributed by atoms with Crippen LogP contribution in [0.5, 0.6) is 0 Å². The highest BCUT2D eigenvalue weighted by Gasteiger charge is 2.39. The molecule has 0 bridgehead atoms. The van der Waals surface area contributed by atoms with Crippen molar-refractivity contribution in [3.8, 4) is 0 Å². The van der Waals surface area contributed by atoms with Crippen LogP contribution in [0.4, 0.5) is 0 Å². The molecular formula is C13H12S3. The lowest BCUT2D eigenvalue weighted by Crippen LogP contribution is -2.21. The molecule has 3 heterocycles. The van der Waals surface area contributed by atoms with Crippen molar-refractivity contribution in [3.05, 3.63) is 56.3 Å². The molecule has 82 valence electrons. The van der Waals surface area contributed by atoms with Gasteiger partial charge in [0.15, 0.2) is 0 Å². The average Bonchev–Trinajstić information content (AvgIpc) is 2.99. The fourth-order valence-electron chi connectivity index (χ4n) is 2.09. The molecule has 0 amide bonds. The summed E-state index contributed by atoms with van der Waals surface area (Å²) in [7, 11) is 0. The van der Waals surface area contributed by atoms with Crippen LogP contribution < -0.4 is 0 Å². The number of hydrogen-bond acceptors (Lipinski definition) is 3. The van der Waals surface area contributed by atoms with E-state index < -0.39 is 0 Å². The van der Waals surface area contributed by atoms with Gasteiger partial charge in [0.25, 0.3) is 0 Å². The maximum Gasteiger partial charge on any atom is 0.0569 e. The van der Waals surface area contributed by atoms with Gasteiger partial charge in [-0.3, -0.25) is 0 Å². The normalized spacial score (nSPS) is 28.7. The number of hydrogen-bond donors (Lipinski definition) is 0. The van der Waals surface area contributed by atoms with E-state index in [4.69, 9.17) is 0 Å². The summed E-state index contributed by atoms with van der Waals surface area (Å²) in [5, 5.41) is 7.14. The van der Waals surface area contributed by atoms with E-state index in [1.54, 1.807) is 0 Å². The van der Waals surface area contributed by atoms with Gasteiger partial charge in [0, 0.05) is 15.2 Å². The molecule has 3 rings (SSSR count). The van der Waals surface area contributed by atoms with Crippen LogP contribution in [0.25, 0.3) is 0 Å². The Morgan fingerprint density at radius 3 is 2.62 bits per heavy atom. The van der Waals surface area contributed by atoms with E-state index in [-0.39, 0.29) is 5.41 Å². The number of rotatable bonds is 2. The van der Waals surface area contributed by atoms with Crippen molar-refractivity contribution in [2.75, 3.05) is 0 Å². The van der Waals surface area contributed by atoms with Gasteiger partial charge in [-0.1, -0.05) is 18.2 Å². The Labute approximate surface area is 108 Å². The molecule has 2 aromatic rings. The number of allylic oxidation sites excluding steroid dienone is 1. The van der Waals surface area contributed by atoms with Crippen LogP contribution in [-0.4, -0.2) is 0 Å². The molecule has 3 heteroatoms. The van der Waals surface area contributed by atoms with E-state index in [0.29, 0.717) is 5.25 Å². The molecule has 1 aliphatic rings. The Balaban J connectivity index is 2.03. The molecule has 0 unspecified atom stereocenters. The molecule has 0 aliphatic carbocycles. The first-order valence-electron chi connectivity index (χ1n) is 5.21. The van der Waals surface area contributed by atoms with Crippen LogP contribution in [0.15, 0.2) is 46.5 Å². The summed E-state index contributed by atoms with van der Waals surface area (Å²) in [4.78, 5) is 2.94. The first-order chi connectivity index (χ1) is 7.81. The van der Waals surface area contributed by atoms with Gasteiger partial charge in [0.05, 0.1) is 5.25 Å². The summed E-state index contributed by atoms with van der Waals surface area (Å²) in [6.07, 6.45) is 2.36. The van der Waals surface area contributed by atoms with Crippen LogP contribution in [0.1, 0.15) is 21.9 Å². The van der Waals surface area contributed by atoms with Crippen molar-refractivity contribution in [1.82, 2.24) is 0 Å². The largest absolute Gasteiger partial charge is 0.148 e. The molecule has 0 spiro atoms. The molecule has 0 fully saturated rings. The predicted molar refractivity (Wildman–Crippen MR) is 75.5 cm³/mol. The zero-order valence-electron chi connectivity index (χ0n) is 8.92. The quantitative estimate of drug-likeness (QED) is 0.730. The van der Waals surface area contributed by atoms with Crippen molar-refractivity contribution >= 4 is 34.4 Å². The SMILES string of the molecule is C[C@@]1(c2cccs2)C=CS[C@H]1c1cccs1. The van der Waals surface area contributed by atoms with E-state index in [1.165, 1.54) is 9.75 Å². The van der Waals surface area contributed by atoms with Crippen molar-refractivity contribution in [2.24, 2.45) is 0 Å². The van der Waals surface area contributed by atoms with Gasteiger partial charge in [-0.05, 0) is 35.2 Å². The standard InChI is InChI=1S/C13H12S3/c1-13(11-5-3-8-15-11)6-9-16-12(13)10-4-2-7-14-10/h2-9,12H,1H3/t12-,13-/m0/s1. The van der Waals surface area contributed by atoms with Crippen LogP contribution in [0.3, 0.4) is 0 Å². The van der Waals surface area contributed by atoms with E-state index in [0.717, 1.165) is 0 Å². The molecule has 1 aliphatic heterocycles. The Morgan fingerprint density at radius 2 is 1.94 bits per heavy atom. The minimum Gasteiger partial charge on any atom is -0.148 e. The average molecular weight is 264 g/mol. The molecule has 0 radical (unpaired) electrons. The van der Waals surface area contributed by atoms with Crippen molar-refractivity contribution in [1.29, 1.82) is 0 Å². The van der Waals surface area contributed by atoms with Gasteiger partial charge < -0.3 is 0 Å². The third-order valence-electron chi connectivity index (χ3n) is 3.03. The van der Waals surface area contributed by atoms with Crippen LogP contribution in [0, 0.1) is 0 Å². The highest BCUT2D eigenvalue weighted by atomic mass is 32.2. The highest BCUT2D eigenvalue weighted by Crippen LogP contribution is 2.54. The zero-order valence-corrected chi connectivity index (χ0v) is 11.4. The van der Waals surface area contributed by atoms with Crippen molar-refractivity contribution < 1.29 is 0 Å². The maximum atomic E-state index is 2.36. The van der Waals surface area contributed by atoms with Crippen LogP contribution in [-0.2, 0) is 5.41 Å². The lowest BCUT2D eigenvalue weighted by Gasteiger charge is -2.28. The lowest BCUT2D eigenvalue weighted by molar-refractivity contribution is 0.607. The minimum absolute atomic E-state index is 0.170. The number of thiophene rings is 2. The Morgan fingerprint density at radius 1 is 1.12 bits per heavy atom. The third kappa shape index (κ3) is 1.58. The minimum atomic E-state index is 0.170. The second kappa shape index (κ2) is 4.06. The molecule has 0 nitrogen and oxygen atoms in total. The molecule has 2 atom stereocenters. The smallest absolute Gasteiger partial charge is 0.0569 e. The molecule has 0 N–H and O–H groups in total. The number of thioether (sulfide) groups is 1. The Bertz CT molecular complexity index is 481. The van der Waals surface area contributed by atoms with Crippen molar-refractivity contribution in [2.45, 2.75) is 17.6 Å². The topological polar surface area (TPSA) is 0 Å². The predicted octanol–water partition coefficient (Wildman–Crippen LogP) is 5.07. The second-order valence-electron chi connectivity index (χ2n) is 4.09. The summed E-state index contributed by atoms with van der Waals surface area (Å²) in [6, 6.07) is 8.80. The zero-order chi connectivity index (χ0) is 11.0. The summed E-state index contributed by atoms with van der Waals surface area (Å²) in [6.45, 7) is 2.35. The molecular weight excluding hydrogens is 252 g/mol.